The number of nitrogens with two attached hydrogens (primary N) is 1. The lowest BCUT2D eigenvalue weighted by Gasteiger charge is -2.33. The normalized spacial score (nSPS) is 35.6. The van der Waals surface area contributed by atoms with Crippen molar-refractivity contribution in [3.8, 4) is 0 Å². The van der Waals surface area contributed by atoms with Gasteiger partial charge in [0.25, 0.3) is 0 Å². The minimum Gasteiger partial charge on any atom is -0.271 e. The molecule has 14 heavy (non-hydrogen) atoms. The molecule has 2 aliphatic carbocycles. The second-order valence-corrected chi connectivity index (χ2v) is 5.38. The van der Waals surface area contributed by atoms with E-state index in [0.717, 1.165) is 17.8 Å². The van der Waals surface area contributed by atoms with Crippen molar-refractivity contribution in [1.29, 1.82) is 0 Å². The van der Waals surface area contributed by atoms with Gasteiger partial charge in [-0.3, -0.25) is 11.3 Å². The summed E-state index contributed by atoms with van der Waals surface area (Å²) in [4.78, 5) is 0. The summed E-state index contributed by atoms with van der Waals surface area (Å²) in [6, 6.07) is 0.595. The molecule has 0 bridgehead atoms. The van der Waals surface area contributed by atoms with Gasteiger partial charge in [-0.25, -0.2) is 0 Å². The number of hydrogen-bond donors (Lipinski definition) is 2. The number of hydrazine groups is 1. The highest BCUT2D eigenvalue weighted by atomic mass is 15.2. The van der Waals surface area contributed by atoms with Crippen molar-refractivity contribution < 1.29 is 0 Å². The monoisotopic (exact) mass is 196 g/mol. The summed E-state index contributed by atoms with van der Waals surface area (Å²) < 4.78 is 0. The molecule has 0 radical (unpaired) electrons. The molecule has 0 amide bonds. The van der Waals surface area contributed by atoms with Crippen molar-refractivity contribution >= 4 is 0 Å². The lowest BCUT2D eigenvalue weighted by molar-refractivity contribution is 0.203. The first kappa shape index (κ1) is 10.4. The Hall–Kier alpha value is -0.0800. The van der Waals surface area contributed by atoms with Crippen LogP contribution in [0.15, 0.2) is 0 Å². The van der Waals surface area contributed by atoms with E-state index in [0.29, 0.717) is 6.04 Å². The van der Waals surface area contributed by atoms with Crippen molar-refractivity contribution in [1.82, 2.24) is 5.43 Å². The van der Waals surface area contributed by atoms with E-state index in [1.54, 1.807) is 0 Å². The predicted octanol–water partition coefficient (Wildman–Crippen LogP) is 2.44. The summed E-state index contributed by atoms with van der Waals surface area (Å²) in [6.45, 7) is 2.39. The zero-order chi connectivity index (χ0) is 9.97. The fraction of sp³-hybridized carbons (Fsp3) is 1.00. The molecule has 2 rings (SSSR count). The number of hydrogen-bond acceptors (Lipinski definition) is 2. The van der Waals surface area contributed by atoms with Gasteiger partial charge >= 0.3 is 0 Å². The largest absolute Gasteiger partial charge is 0.271 e. The first-order valence-corrected chi connectivity index (χ1v) is 6.27. The summed E-state index contributed by atoms with van der Waals surface area (Å²) in [7, 11) is 0. The smallest absolute Gasteiger partial charge is 0.0243 e. The van der Waals surface area contributed by atoms with Crippen LogP contribution in [0.1, 0.15) is 51.9 Å². The van der Waals surface area contributed by atoms with Gasteiger partial charge in [-0.05, 0) is 30.6 Å². The molecule has 0 aromatic rings. The maximum atomic E-state index is 5.69. The minimum atomic E-state index is 0.595. The van der Waals surface area contributed by atoms with Crippen LogP contribution in [0.4, 0.5) is 0 Å². The highest BCUT2D eigenvalue weighted by molar-refractivity contribution is 4.86. The van der Waals surface area contributed by atoms with Crippen LogP contribution in [0.5, 0.6) is 0 Å². The molecule has 82 valence electrons. The molecule has 2 saturated carbocycles. The number of rotatable bonds is 4. The van der Waals surface area contributed by atoms with Gasteiger partial charge in [0.15, 0.2) is 0 Å². The van der Waals surface area contributed by atoms with E-state index in [1.807, 2.05) is 0 Å². The van der Waals surface area contributed by atoms with Crippen molar-refractivity contribution in [2.75, 3.05) is 0 Å². The standard InChI is InChI=1S/C12H24N2/c1-9-4-2-7-11(9)12(14-13)8-10-5-3-6-10/h9-12,14H,2-8,13H2,1H3. The van der Waals surface area contributed by atoms with Gasteiger partial charge in [0.1, 0.15) is 0 Å². The first-order chi connectivity index (χ1) is 6.81. The van der Waals surface area contributed by atoms with Crippen LogP contribution in [-0.4, -0.2) is 6.04 Å². The Labute approximate surface area is 87.6 Å². The van der Waals surface area contributed by atoms with Crippen LogP contribution in [0.25, 0.3) is 0 Å². The molecular weight excluding hydrogens is 172 g/mol. The van der Waals surface area contributed by atoms with Gasteiger partial charge in [-0.2, -0.15) is 0 Å². The van der Waals surface area contributed by atoms with Crippen LogP contribution in [0.3, 0.4) is 0 Å². The Morgan fingerprint density at radius 2 is 1.93 bits per heavy atom. The van der Waals surface area contributed by atoms with Gasteiger partial charge in [0.2, 0.25) is 0 Å². The molecule has 0 saturated heterocycles. The molecule has 0 aliphatic heterocycles. The summed E-state index contributed by atoms with van der Waals surface area (Å²) in [5.41, 5.74) is 3.07. The molecule has 2 nitrogen and oxygen atoms in total. The molecule has 0 aromatic carbocycles. The van der Waals surface area contributed by atoms with Gasteiger partial charge in [-0.15, -0.1) is 0 Å². The van der Waals surface area contributed by atoms with E-state index in [4.69, 9.17) is 5.84 Å². The maximum absolute atomic E-state index is 5.69. The lowest BCUT2D eigenvalue weighted by Crippen LogP contribution is -2.43. The van der Waals surface area contributed by atoms with Crippen LogP contribution in [-0.2, 0) is 0 Å². The Kier molecular flexibility index (Phi) is 3.45. The summed E-state index contributed by atoms with van der Waals surface area (Å²) >= 11 is 0. The van der Waals surface area contributed by atoms with E-state index in [1.165, 1.54) is 44.9 Å². The van der Waals surface area contributed by atoms with Crippen LogP contribution < -0.4 is 11.3 Å². The number of nitrogens with one attached hydrogen (secondary N) is 1. The maximum Gasteiger partial charge on any atom is 0.0243 e. The topological polar surface area (TPSA) is 38.0 Å². The Bertz CT molecular complexity index is 177. The van der Waals surface area contributed by atoms with Crippen LogP contribution in [0.2, 0.25) is 0 Å². The quantitative estimate of drug-likeness (QED) is 0.535. The second-order valence-electron chi connectivity index (χ2n) is 5.38. The van der Waals surface area contributed by atoms with Gasteiger partial charge < -0.3 is 0 Å². The molecule has 0 aromatic heterocycles. The average molecular weight is 196 g/mol. The van der Waals surface area contributed by atoms with Crippen molar-refractivity contribution in [2.24, 2.45) is 23.6 Å². The fourth-order valence-electron chi connectivity index (χ4n) is 3.23. The Morgan fingerprint density at radius 3 is 2.36 bits per heavy atom. The molecule has 3 unspecified atom stereocenters. The predicted molar refractivity (Wildman–Crippen MR) is 59.6 cm³/mol. The molecule has 0 heterocycles. The van der Waals surface area contributed by atoms with Crippen molar-refractivity contribution in [3.05, 3.63) is 0 Å². The summed E-state index contributed by atoms with van der Waals surface area (Å²) in [5.74, 6) is 8.40. The van der Waals surface area contributed by atoms with Gasteiger partial charge in [0.05, 0.1) is 0 Å². The van der Waals surface area contributed by atoms with E-state index < -0.39 is 0 Å². The van der Waals surface area contributed by atoms with E-state index in [-0.39, 0.29) is 0 Å². The third kappa shape index (κ3) is 2.12. The van der Waals surface area contributed by atoms with E-state index in [9.17, 15) is 0 Å². The highest BCUT2D eigenvalue weighted by Gasteiger charge is 2.32. The average Bonchev–Trinajstić information content (AvgIpc) is 2.51. The van der Waals surface area contributed by atoms with Crippen molar-refractivity contribution in [2.45, 2.75) is 57.9 Å². The Morgan fingerprint density at radius 1 is 1.21 bits per heavy atom. The zero-order valence-electron chi connectivity index (χ0n) is 9.34. The Balaban J connectivity index is 1.84. The molecular formula is C12H24N2. The fourth-order valence-corrected chi connectivity index (χ4v) is 3.23. The summed E-state index contributed by atoms with van der Waals surface area (Å²) in [6.07, 6.45) is 9.87. The molecule has 3 atom stereocenters. The third-order valence-electron chi connectivity index (χ3n) is 4.47. The van der Waals surface area contributed by atoms with Crippen LogP contribution in [0, 0.1) is 17.8 Å². The zero-order valence-corrected chi connectivity index (χ0v) is 9.34. The van der Waals surface area contributed by atoms with E-state index >= 15 is 0 Å². The van der Waals surface area contributed by atoms with Gasteiger partial charge in [-0.1, -0.05) is 39.0 Å². The molecule has 2 fully saturated rings. The molecule has 2 aliphatic rings. The molecule has 2 heteroatoms. The van der Waals surface area contributed by atoms with Gasteiger partial charge in [0, 0.05) is 6.04 Å². The first-order valence-electron chi connectivity index (χ1n) is 6.27. The second kappa shape index (κ2) is 4.63. The minimum absolute atomic E-state index is 0.595. The SMILES string of the molecule is CC1CCCC1C(CC1CCC1)NN. The third-order valence-corrected chi connectivity index (χ3v) is 4.47. The van der Waals surface area contributed by atoms with Crippen molar-refractivity contribution in [3.63, 3.8) is 0 Å². The van der Waals surface area contributed by atoms with E-state index in [2.05, 4.69) is 12.3 Å². The highest BCUT2D eigenvalue weighted by Crippen LogP contribution is 2.38. The lowest BCUT2D eigenvalue weighted by atomic mass is 9.77. The molecule has 0 spiro atoms. The molecule has 3 N–H and O–H groups in total. The summed E-state index contributed by atoms with van der Waals surface area (Å²) in [5, 5.41) is 0. The van der Waals surface area contributed by atoms with Crippen LogP contribution >= 0.6 is 0 Å².